The van der Waals surface area contributed by atoms with Crippen molar-refractivity contribution in [2.75, 3.05) is 0 Å². The van der Waals surface area contributed by atoms with Gasteiger partial charge in [-0.25, -0.2) is 4.52 Å². The summed E-state index contributed by atoms with van der Waals surface area (Å²) in [7, 11) is 0. The number of nitrogens with zero attached hydrogens (tertiary/aromatic N) is 3. The highest BCUT2D eigenvalue weighted by atomic mass is 16.1. The lowest BCUT2D eigenvalue weighted by Crippen LogP contribution is -2.12. The maximum absolute atomic E-state index is 11.5. The molecule has 0 spiro atoms. The van der Waals surface area contributed by atoms with Gasteiger partial charge in [0, 0.05) is 18.3 Å². The van der Waals surface area contributed by atoms with Crippen molar-refractivity contribution >= 4 is 23.8 Å². The van der Waals surface area contributed by atoms with Crippen LogP contribution in [0.25, 0.3) is 16.6 Å². The Kier molecular flexibility index (Phi) is 3.44. The standard InChI is InChI=1S/C16H15N5O/c1-19-15-13(16(18)22)8-20-21-9-12(6-14(15)21)11-4-2-3-10(5-11)7-17/h2-6,8-9H,1,7,17H2,(H2,18,22). The first-order valence-corrected chi connectivity index (χ1v) is 6.71. The van der Waals surface area contributed by atoms with E-state index in [2.05, 4.69) is 16.8 Å². The number of aliphatic imine (C=N–C) groups is 1. The summed E-state index contributed by atoms with van der Waals surface area (Å²) in [5.74, 6) is -0.578. The minimum absolute atomic E-state index is 0.253. The number of nitrogens with two attached hydrogens (primary N) is 2. The molecule has 0 aliphatic carbocycles. The summed E-state index contributed by atoms with van der Waals surface area (Å²) >= 11 is 0. The van der Waals surface area contributed by atoms with Gasteiger partial charge in [-0.15, -0.1) is 0 Å². The van der Waals surface area contributed by atoms with Gasteiger partial charge in [-0.05, 0) is 30.0 Å². The van der Waals surface area contributed by atoms with Crippen LogP contribution >= 0.6 is 0 Å². The highest BCUT2D eigenvalue weighted by molar-refractivity contribution is 6.01. The lowest BCUT2D eigenvalue weighted by Gasteiger charge is -2.02. The number of hydrogen-bond acceptors (Lipinski definition) is 4. The molecule has 6 heteroatoms. The van der Waals surface area contributed by atoms with E-state index in [4.69, 9.17) is 11.5 Å². The number of rotatable bonds is 4. The molecule has 0 fully saturated rings. The van der Waals surface area contributed by atoms with Gasteiger partial charge >= 0.3 is 0 Å². The van der Waals surface area contributed by atoms with Crippen LogP contribution in [0.5, 0.6) is 0 Å². The third-order valence-electron chi connectivity index (χ3n) is 3.53. The van der Waals surface area contributed by atoms with Crippen molar-refractivity contribution in [3.63, 3.8) is 0 Å². The van der Waals surface area contributed by atoms with E-state index in [-0.39, 0.29) is 5.56 Å². The molecule has 2 heterocycles. The topological polar surface area (TPSA) is 98.8 Å². The van der Waals surface area contributed by atoms with Crippen LogP contribution in [0.1, 0.15) is 15.9 Å². The zero-order chi connectivity index (χ0) is 15.7. The van der Waals surface area contributed by atoms with Crippen LogP contribution < -0.4 is 11.5 Å². The first kappa shape index (κ1) is 14.0. The SMILES string of the molecule is C=Nc1c(C(N)=O)cnn2cc(-c3cccc(CN)c3)cc12. The Morgan fingerprint density at radius 1 is 1.32 bits per heavy atom. The van der Waals surface area contributed by atoms with Gasteiger partial charge in [0.25, 0.3) is 5.91 Å². The highest BCUT2D eigenvalue weighted by Gasteiger charge is 2.14. The van der Waals surface area contributed by atoms with Gasteiger partial charge in [0.2, 0.25) is 0 Å². The molecular weight excluding hydrogens is 278 g/mol. The molecule has 0 aliphatic heterocycles. The third kappa shape index (κ3) is 2.25. The van der Waals surface area contributed by atoms with Crippen molar-refractivity contribution in [2.24, 2.45) is 16.5 Å². The van der Waals surface area contributed by atoms with Crippen LogP contribution in [0.3, 0.4) is 0 Å². The fraction of sp³-hybridized carbons (Fsp3) is 0.0625. The average Bonchev–Trinajstić information content (AvgIpc) is 2.98. The molecule has 1 amide bonds. The van der Waals surface area contributed by atoms with Gasteiger partial charge in [0.1, 0.15) is 5.69 Å². The second kappa shape index (κ2) is 5.42. The molecule has 0 atom stereocenters. The summed E-state index contributed by atoms with van der Waals surface area (Å²) in [6.07, 6.45) is 3.27. The van der Waals surface area contributed by atoms with Crippen LogP contribution in [0.15, 0.2) is 47.7 Å². The Labute approximate surface area is 127 Å². The van der Waals surface area contributed by atoms with E-state index in [1.807, 2.05) is 36.5 Å². The van der Waals surface area contributed by atoms with Gasteiger partial charge in [0.15, 0.2) is 0 Å². The number of primary amides is 1. The molecular formula is C16H15N5O. The predicted octanol–water partition coefficient (Wildman–Crippen LogP) is 1.89. The molecule has 0 saturated carbocycles. The fourth-order valence-electron chi connectivity index (χ4n) is 2.43. The van der Waals surface area contributed by atoms with E-state index in [1.165, 1.54) is 6.20 Å². The second-order valence-corrected chi connectivity index (χ2v) is 4.89. The van der Waals surface area contributed by atoms with E-state index in [9.17, 15) is 4.79 Å². The number of fused-ring (bicyclic) bond motifs is 1. The first-order chi connectivity index (χ1) is 10.6. The Hall–Kier alpha value is -2.99. The van der Waals surface area contributed by atoms with Crippen LogP contribution in [0.2, 0.25) is 0 Å². The van der Waals surface area contributed by atoms with E-state index >= 15 is 0 Å². The maximum Gasteiger partial charge on any atom is 0.252 e. The summed E-state index contributed by atoms with van der Waals surface area (Å²) in [5.41, 5.74) is 15.4. The minimum Gasteiger partial charge on any atom is -0.365 e. The van der Waals surface area contributed by atoms with Crippen LogP contribution in [0.4, 0.5) is 5.69 Å². The predicted molar refractivity (Wildman–Crippen MR) is 86.2 cm³/mol. The molecule has 3 aromatic rings. The zero-order valence-corrected chi connectivity index (χ0v) is 11.9. The quantitative estimate of drug-likeness (QED) is 0.718. The zero-order valence-electron chi connectivity index (χ0n) is 11.9. The smallest absolute Gasteiger partial charge is 0.252 e. The van der Waals surface area contributed by atoms with E-state index in [0.29, 0.717) is 17.7 Å². The number of amides is 1. The Bertz CT molecular complexity index is 881. The van der Waals surface area contributed by atoms with E-state index < -0.39 is 5.91 Å². The Balaban J connectivity index is 2.21. The van der Waals surface area contributed by atoms with Crippen molar-refractivity contribution in [3.8, 4) is 11.1 Å². The van der Waals surface area contributed by atoms with Crippen LogP contribution in [0, 0.1) is 0 Å². The molecule has 1 aromatic carbocycles. The summed E-state index contributed by atoms with van der Waals surface area (Å²) in [4.78, 5) is 15.4. The molecule has 110 valence electrons. The van der Waals surface area contributed by atoms with Gasteiger partial charge in [-0.3, -0.25) is 9.79 Å². The summed E-state index contributed by atoms with van der Waals surface area (Å²) in [6, 6.07) is 9.84. The van der Waals surface area contributed by atoms with Gasteiger partial charge < -0.3 is 11.5 Å². The highest BCUT2D eigenvalue weighted by Crippen LogP contribution is 2.30. The van der Waals surface area contributed by atoms with E-state index in [0.717, 1.165) is 16.7 Å². The van der Waals surface area contributed by atoms with Gasteiger partial charge in [0.05, 0.1) is 17.3 Å². The number of benzene rings is 1. The lowest BCUT2D eigenvalue weighted by atomic mass is 10.1. The van der Waals surface area contributed by atoms with Crippen molar-refractivity contribution < 1.29 is 4.79 Å². The van der Waals surface area contributed by atoms with Crippen molar-refractivity contribution in [1.82, 2.24) is 9.61 Å². The fourth-order valence-corrected chi connectivity index (χ4v) is 2.43. The molecule has 3 rings (SSSR count). The molecule has 0 aliphatic rings. The largest absolute Gasteiger partial charge is 0.365 e. The number of hydrogen-bond donors (Lipinski definition) is 2. The normalized spacial score (nSPS) is 10.8. The van der Waals surface area contributed by atoms with Crippen molar-refractivity contribution in [2.45, 2.75) is 6.54 Å². The van der Waals surface area contributed by atoms with Gasteiger partial charge in [-0.1, -0.05) is 18.2 Å². The summed E-state index contributed by atoms with van der Waals surface area (Å²) in [6.45, 7) is 4.00. The number of aromatic nitrogens is 2. The van der Waals surface area contributed by atoms with E-state index in [1.54, 1.807) is 4.52 Å². The monoisotopic (exact) mass is 293 g/mol. The molecule has 2 aromatic heterocycles. The second-order valence-electron chi connectivity index (χ2n) is 4.89. The maximum atomic E-state index is 11.5. The molecule has 0 unspecified atom stereocenters. The first-order valence-electron chi connectivity index (χ1n) is 6.71. The molecule has 0 bridgehead atoms. The number of carbonyl (C=O) groups is 1. The third-order valence-corrected chi connectivity index (χ3v) is 3.53. The minimum atomic E-state index is -0.578. The average molecular weight is 293 g/mol. The van der Waals surface area contributed by atoms with Crippen LogP contribution in [-0.4, -0.2) is 22.2 Å². The summed E-state index contributed by atoms with van der Waals surface area (Å²) < 4.78 is 1.65. The number of carbonyl (C=O) groups excluding carboxylic acids is 1. The lowest BCUT2D eigenvalue weighted by molar-refractivity contribution is 0.100. The Morgan fingerprint density at radius 2 is 2.14 bits per heavy atom. The molecule has 22 heavy (non-hydrogen) atoms. The molecule has 0 radical (unpaired) electrons. The molecule has 4 N–H and O–H groups in total. The van der Waals surface area contributed by atoms with Gasteiger partial charge in [-0.2, -0.15) is 5.10 Å². The summed E-state index contributed by atoms with van der Waals surface area (Å²) in [5, 5.41) is 4.20. The molecule has 6 nitrogen and oxygen atoms in total. The van der Waals surface area contributed by atoms with Crippen molar-refractivity contribution in [3.05, 3.63) is 53.9 Å². The van der Waals surface area contributed by atoms with Crippen LogP contribution in [-0.2, 0) is 6.54 Å². The van der Waals surface area contributed by atoms with Crippen molar-refractivity contribution in [1.29, 1.82) is 0 Å². The molecule has 0 saturated heterocycles. The Morgan fingerprint density at radius 3 is 2.82 bits per heavy atom.